The lowest BCUT2D eigenvalue weighted by Gasteiger charge is -2.30. The molecule has 1 unspecified atom stereocenters. The third kappa shape index (κ3) is 5.23. The van der Waals surface area contributed by atoms with Crippen LogP contribution in [0.15, 0.2) is 35.3 Å². The summed E-state index contributed by atoms with van der Waals surface area (Å²) in [6, 6.07) is 4.85. The van der Waals surface area contributed by atoms with E-state index in [-0.39, 0.29) is 35.6 Å². The molecular formula is C23H26F3N4O8P. The lowest BCUT2D eigenvalue weighted by molar-refractivity contribution is -0.137. The summed E-state index contributed by atoms with van der Waals surface area (Å²) in [4.78, 5) is 18.6. The Balaban J connectivity index is 1.32. The maximum absolute atomic E-state index is 13.3. The van der Waals surface area contributed by atoms with Gasteiger partial charge in [-0.2, -0.15) is 18.2 Å². The molecule has 0 aliphatic carbocycles. The number of benzene rings is 1. The lowest BCUT2D eigenvalue weighted by Crippen LogP contribution is -2.44. The molecule has 212 valence electrons. The van der Waals surface area contributed by atoms with Gasteiger partial charge in [-0.15, -0.1) is 0 Å². The Labute approximate surface area is 219 Å². The Morgan fingerprint density at radius 1 is 1.36 bits per heavy atom. The summed E-state index contributed by atoms with van der Waals surface area (Å²) in [6.07, 6.45) is -8.07. The predicted octanol–water partition coefficient (Wildman–Crippen LogP) is 2.95. The van der Waals surface area contributed by atoms with Crippen LogP contribution in [0.3, 0.4) is 0 Å². The van der Waals surface area contributed by atoms with E-state index in [9.17, 15) is 32.7 Å². The summed E-state index contributed by atoms with van der Waals surface area (Å²) < 4.78 is 76.3. The van der Waals surface area contributed by atoms with E-state index in [0.29, 0.717) is 5.56 Å². The van der Waals surface area contributed by atoms with Crippen molar-refractivity contribution >= 4 is 24.8 Å². The Bertz CT molecular complexity index is 1510. The summed E-state index contributed by atoms with van der Waals surface area (Å²) >= 11 is 0. The number of nitrogens with two attached hydrogens (primary N) is 1. The minimum Gasteiger partial charge on any atom is -0.387 e. The number of aliphatic hydroxyl groups is 2. The number of phosphoric ester groups is 1. The molecule has 39 heavy (non-hydrogen) atoms. The van der Waals surface area contributed by atoms with Gasteiger partial charge in [0, 0.05) is 12.6 Å². The van der Waals surface area contributed by atoms with Gasteiger partial charge in [-0.05, 0) is 37.6 Å². The number of fused-ring (bicyclic) bond motifs is 1. The van der Waals surface area contributed by atoms with Crippen LogP contribution in [-0.4, -0.2) is 55.8 Å². The molecular weight excluding hydrogens is 548 g/mol. The summed E-state index contributed by atoms with van der Waals surface area (Å²) in [5.41, 5.74) is 2.96. The lowest BCUT2D eigenvalue weighted by atomic mass is 9.96. The Hall–Kier alpha value is -2.78. The molecule has 6 atom stereocenters. The van der Waals surface area contributed by atoms with Gasteiger partial charge in [0.1, 0.15) is 17.8 Å². The summed E-state index contributed by atoms with van der Waals surface area (Å²) in [5, 5.41) is 22.0. The van der Waals surface area contributed by atoms with Gasteiger partial charge in [0.15, 0.2) is 11.9 Å². The molecule has 2 fully saturated rings. The number of aromatic amines is 1. The van der Waals surface area contributed by atoms with Gasteiger partial charge in [0.25, 0.3) is 5.56 Å². The molecule has 2 aliphatic rings. The molecule has 1 aromatic carbocycles. The second-order valence-corrected chi connectivity index (χ2v) is 11.3. The average molecular weight is 574 g/mol. The van der Waals surface area contributed by atoms with Crippen LogP contribution in [0.4, 0.5) is 19.1 Å². The molecule has 5 N–H and O–H groups in total. The Kier molecular flexibility index (Phi) is 6.91. The van der Waals surface area contributed by atoms with Crippen molar-refractivity contribution in [3.8, 4) is 0 Å². The molecule has 0 bridgehead atoms. The van der Waals surface area contributed by atoms with Crippen molar-refractivity contribution in [1.29, 1.82) is 0 Å². The average Bonchev–Trinajstić information content (AvgIpc) is 3.35. The van der Waals surface area contributed by atoms with Gasteiger partial charge in [-0.25, -0.2) is 4.57 Å². The van der Waals surface area contributed by atoms with Crippen LogP contribution < -0.4 is 11.3 Å². The number of phosphoric acid groups is 1. The molecule has 2 aromatic heterocycles. The van der Waals surface area contributed by atoms with Crippen LogP contribution in [0.5, 0.6) is 0 Å². The molecule has 4 heterocycles. The van der Waals surface area contributed by atoms with Crippen molar-refractivity contribution in [3.63, 3.8) is 0 Å². The van der Waals surface area contributed by atoms with E-state index in [0.717, 1.165) is 12.1 Å². The Morgan fingerprint density at radius 3 is 2.82 bits per heavy atom. The fourth-order valence-electron chi connectivity index (χ4n) is 4.76. The van der Waals surface area contributed by atoms with E-state index in [4.69, 9.17) is 24.0 Å². The molecule has 0 saturated carbocycles. The van der Waals surface area contributed by atoms with Crippen LogP contribution in [0.25, 0.3) is 11.0 Å². The first-order chi connectivity index (χ1) is 18.2. The normalized spacial score (nSPS) is 31.7. The zero-order valence-corrected chi connectivity index (χ0v) is 21.6. The van der Waals surface area contributed by atoms with Gasteiger partial charge in [-0.3, -0.25) is 23.3 Å². The molecule has 2 aliphatic heterocycles. The minimum absolute atomic E-state index is 0.0984. The number of alkyl halides is 3. The van der Waals surface area contributed by atoms with Crippen molar-refractivity contribution in [1.82, 2.24) is 14.5 Å². The van der Waals surface area contributed by atoms with Gasteiger partial charge in [-0.1, -0.05) is 11.6 Å². The minimum atomic E-state index is -4.57. The van der Waals surface area contributed by atoms with Crippen molar-refractivity contribution in [2.45, 2.75) is 56.6 Å². The van der Waals surface area contributed by atoms with Gasteiger partial charge >= 0.3 is 14.0 Å². The smallest absolute Gasteiger partial charge is 0.387 e. The highest BCUT2D eigenvalue weighted by Crippen LogP contribution is 2.57. The van der Waals surface area contributed by atoms with Crippen LogP contribution in [0.2, 0.25) is 0 Å². The number of aromatic nitrogens is 3. The number of halogens is 3. The largest absolute Gasteiger partial charge is 0.475 e. The number of nitrogens with zero attached hydrogens (tertiary/aromatic N) is 2. The third-order valence-electron chi connectivity index (χ3n) is 6.69. The summed E-state index contributed by atoms with van der Waals surface area (Å²) in [6.45, 7) is 2.12. The second kappa shape index (κ2) is 9.70. The van der Waals surface area contributed by atoms with Crippen molar-refractivity contribution in [2.75, 3.05) is 18.9 Å². The van der Waals surface area contributed by atoms with Crippen LogP contribution in [0.1, 0.15) is 42.4 Å². The molecule has 5 rings (SSSR count). The van der Waals surface area contributed by atoms with Gasteiger partial charge in [0.05, 0.1) is 30.3 Å². The number of rotatable bonds is 5. The number of H-pyrrole nitrogens is 1. The number of ether oxygens (including phenoxy) is 1. The van der Waals surface area contributed by atoms with Crippen LogP contribution >= 0.6 is 7.82 Å². The molecule has 0 spiro atoms. The molecule has 16 heteroatoms. The highest BCUT2D eigenvalue weighted by molar-refractivity contribution is 7.48. The van der Waals surface area contributed by atoms with E-state index >= 15 is 0 Å². The van der Waals surface area contributed by atoms with Crippen LogP contribution in [-0.2, 0) is 29.0 Å². The molecule has 12 nitrogen and oxygen atoms in total. The van der Waals surface area contributed by atoms with Crippen molar-refractivity contribution < 1.29 is 46.3 Å². The molecule has 2 saturated heterocycles. The van der Waals surface area contributed by atoms with E-state index < -0.39 is 61.9 Å². The number of nitrogens with one attached hydrogen (secondary N) is 1. The van der Waals surface area contributed by atoms with Gasteiger partial charge in [0.2, 0.25) is 5.95 Å². The Morgan fingerprint density at radius 2 is 2.10 bits per heavy atom. The molecule has 0 radical (unpaired) electrons. The van der Waals surface area contributed by atoms with E-state index in [2.05, 4.69) is 9.97 Å². The van der Waals surface area contributed by atoms with E-state index in [1.165, 1.54) is 36.7 Å². The van der Waals surface area contributed by atoms with E-state index in [1.807, 2.05) is 0 Å². The van der Waals surface area contributed by atoms with Crippen molar-refractivity contribution in [2.24, 2.45) is 0 Å². The maximum Gasteiger partial charge on any atom is 0.475 e. The zero-order valence-electron chi connectivity index (χ0n) is 20.7. The summed E-state index contributed by atoms with van der Waals surface area (Å²) in [7, 11) is -4.29. The van der Waals surface area contributed by atoms with Gasteiger partial charge < -0.3 is 25.3 Å². The highest BCUT2D eigenvalue weighted by Gasteiger charge is 2.54. The number of hydrogen-bond acceptors (Lipinski definition) is 10. The monoisotopic (exact) mass is 574 g/mol. The quantitative estimate of drug-likeness (QED) is 0.332. The maximum atomic E-state index is 13.3. The first-order valence-electron chi connectivity index (χ1n) is 11.9. The number of hydrogen-bond donors (Lipinski definition) is 4. The summed E-state index contributed by atoms with van der Waals surface area (Å²) in [5.74, 6) is -0.166. The van der Waals surface area contributed by atoms with E-state index in [1.54, 1.807) is 0 Å². The fourth-order valence-corrected chi connectivity index (χ4v) is 6.15. The first-order valence-corrected chi connectivity index (χ1v) is 13.3. The number of anilines is 1. The standard InChI is InChI=1S/C23H26F3N4O8P/c1-11-7-12(9-13(8-11)23(24,25)26)15-4-6-35-39(34,38-15)36-10-16-17(31)22(2,33)20(37-16)30-5-3-14-18(30)28-21(27)29-19(14)32/h3,5,7-9,15-17,20,31,33H,4,6,10H2,1-2H3,(H3,27,28,29,32)/t15-,16-,17-,20-,22-,39?/m1/s1. The van der Waals surface area contributed by atoms with Crippen molar-refractivity contribution in [3.05, 3.63) is 57.5 Å². The highest BCUT2D eigenvalue weighted by atomic mass is 31.2. The topological polar surface area (TPSA) is 171 Å². The zero-order chi connectivity index (χ0) is 28.3. The molecule has 3 aromatic rings. The number of aliphatic hydroxyl groups excluding tert-OH is 1. The SMILES string of the molecule is Cc1cc([C@H]2CCOP(=O)(OC[C@H]3O[C@@H](n4ccc5c(=O)[nH]c(N)nc54)[C@](C)(O)[C@@H]3O)O2)cc(C(F)(F)F)c1. The first kappa shape index (κ1) is 27.8. The fraction of sp³-hybridized carbons (Fsp3) is 0.478. The number of aryl methyl sites for hydroxylation is 1. The predicted molar refractivity (Wildman–Crippen MR) is 129 cm³/mol. The number of nitrogen functional groups attached to an aromatic ring is 1. The second-order valence-electron chi connectivity index (χ2n) is 9.70. The molecule has 0 amide bonds. The third-order valence-corrected chi connectivity index (χ3v) is 8.17. The van der Waals surface area contributed by atoms with Crippen LogP contribution in [0, 0.1) is 6.92 Å².